The number of benzene rings is 1. The van der Waals surface area contributed by atoms with E-state index in [9.17, 15) is 14.4 Å². The van der Waals surface area contributed by atoms with Crippen LogP contribution in [0.3, 0.4) is 0 Å². The Morgan fingerprint density at radius 3 is 2.62 bits per heavy atom. The van der Waals surface area contributed by atoms with Crippen LogP contribution >= 0.6 is 11.3 Å². The number of thiazole rings is 1. The van der Waals surface area contributed by atoms with Crippen molar-refractivity contribution in [2.75, 3.05) is 11.9 Å². The molecule has 0 radical (unpaired) electrons. The molecule has 2 atom stereocenters. The summed E-state index contributed by atoms with van der Waals surface area (Å²) in [7, 11) is 0. The number of rotatable bonds is 4. The van der Waals surface area contributed by atoms with Gasteiger partial charge in [-0.3, -0.25) is 19.3 Å². The second-order valence-electron chi connectivity index (χ2n) is 6.77. The summed E-state index contributed by atoms with van der Waals surface area (Å²) in [4.78, 5) is 42.7. The molecule has 6 nitrogen and oxygen atoms in total. The van der Waals surface area contributed by atoms with E-state index >= 15 is 0 Å². The van der Waals surface area contributed by atoms with Crippen LogP contribution in [0.4, 0.5) is 5.13 Å². The number of aromatic nitrogens is 1. The Morgan fingerprint density at radius 2 is 1.92 bits per heavy atom. The topological polar surface area (TPSA) is 79.4 Å². The molecular formula is C19H19N3O3S. The standard InChI is InChI=1S/C19H19N3O3S/c1-11-6-7-14-15(10-11)26-19(20-14)21-16(23)8-9-22-17(24)12-4-2-3-5-13(12)18(22)25/h2-3,6-7,10,12-13H,4-5,8-9H2,1H3,(H,20,21,23). The number of amides is 3. The van der Waals surface area contributed by atoms with Gasteiger partial charge < -0.3 is 5.32 Å². The monoisotopic (exact) mass is 369 g/mol. The summed E-state index contributed by atoms with van der Waals surface area (Å²) in [6.45, 7) is 2.13. The second kappa shape index (κ2) is 6.64. The number of carbonyl (C=O) groups excluding carboxylic acids is 3. The first kappa shape index (κ1) is 16.9. The van der Waals surface area contributed by atoms with E-state index in [1.807, 2.05) is 37.3 Å². The molecule has 1 N–H and O–H groups in total. The van der Waals surface area contributed by atoms with Crippen LogP contribution in [-0.2, 0) is 14.4 Å². The number of likely N-dealkylation sites (tertiary alicyclic amines) is 1. The van der Waals surface area contributed by atoms with Gasteiger partial charge in [0, 0.05) is 13.0 Å². The molecule has 2 unspecified atom stereocenters. The summed E-state index contributed by atoms with van der Waals surface area (Å²) in [5, 5.41) is 3.31. The van der Waals surface area contributed by atoms with Crippen LogP contribution in [-0.4, -0.2) is 34.2 Å². The molecule has 1 saturated heterocycles. The van der Waals surface area contributed by atoms with Crippen molar-refractivity contribution < 1.29 is 14.4 Å². The molecule has 26 heavy (non-hydrogen) atoms. The molecule has 1 aliphatic carbocycles. The molecule has 0 bridgehead atoms. The van der Waals surface area contributed by atoms with Crippen LogP contribution in [0, 0.1) is 18.8 Å². The molecule has 0 saturated carbocycles. The van der Waals surface area contributed by atoms with Gasteiger partial charge in [0.2, 0.25) is 17.7 Å². The lowest BCUT2D eigenvalue weighted by Crippen LogP contribution is -2.34. The molecule has 7 heteroatoms. The highest BCUT2D eigenvalue weighted by atomic mass is 32.1. The maximum absolute atomic E-state index is 12.4. The highest BCUT2D eigenvalue weighted by Crippen LogP contribution is 2.35. The summed E-state index contributed by atoms with van der Waals surface area (Å²) >= 11 is 1.42. The van der Waals surface area contributed by atoms with Crippen LogP contribution in [0.15, 0.2) is 30.4 Å². The van der Waals surface area contributed by atoms with Gasteiger partial charge >= 0.3 is 0 Å². The van der Waals surface area contributed by atoms with E-state index < -0.39 is 0 Å². The number of hydrogen-bond acceptors (Lipinski definition) is 5. The fourth-order valence-electron chi connectivity index (χ4n) is 3.57. The van der Waals surface area contributed by atoms with Gasteiger partial charge in [0.25, 0.3) is 0 Å². The maximum atomic E-state index is 12.4. The second-order valence-corrected chi connectivity index (χ2v) is 7.80. The molecule has 1 fully saturated rings. The van der Waals surface area contributed by atoms with E-state index in [0.29, 0.717) is 18.0 Å². The lowest BCUT2D eigenvalue weighted by atomic mass is 9.85. The zero-order valence-electron chi connectivity index (χ0n) is 14.4. The number of imide groups is 1. The number of nitrogens with one attached hydrogen (secondary N) is 1. The van der Waals surface area contributed by atoms with Gasteiger partial charge in [0.15, 0.2) is 5.13 Å². The van der Waals surface area contributed by atoms with E-state index in [2.05, 4.69) is 10.3 Å². The van der Waals surface area contributed by atoms with Gasteiger partial charge in [-0.2, -0.15) is 0 Å². The highest BCUT2D eigenvalue weighted by molar-refractivity contribution is 7.22. The minimum Gasteiger partial charge on any atom is -0.302 e. The fourth-order valence-corrected chi connectivity index (χ4v) is 4.55. The van der Waals surface area contributed by atoms with Crippen LogP contribution in [0.2, 0.25) is 0 Å². The molecule has 1 aromatic heterocycles. The zero-order chi connectivity index (χ0) is 18.3. The summed E-state index contributed by atoms with van der Waals surface area (Å²) in [6.07, 6.45) is 5.22. The Morgan fingerprint density at radius 1 is 1.23 bits per heavy atom. The molecule has 4 rings (SSSR count). The average Bonchev–Trinajstić information content (AvgIpc) is 3.12. The number of aryl methyl sites for hydroxylation is 1. The third-order valence-corrected chi connectivity index (χ3v) is 5.89. The van der Waals surface area contributed by atoms with Gasteiger partial charge in [-0.25, -0.2) is 4.98 Å². The van der Waals surface area contributed by atoms with Gasteiger partial charge in [-0.05, 0) is 37.5 Å². The minimum atomic E-state index is -0.247. The molecule has 2 heterocycles. The molecular weight excluding hydrogens is 350 g/mol. The minimum absolute atomic E-state index is 0.0826. The van der Waals surface area contributed by atoms with Crippen molar-refractivity contribution >= 4 is 44.4 Å². The Bertz CT molecular complexity index is 907. The van der Waals surface area contributed by atoms with E-state index in [-0.39, 0.29) is 42.5 Å². The van der Waals surface area contributed by atoms with E-state index in [1.165, 1.54) is 16.2 Å². The van der Waals surface area contributed by atoms with Crippen molar-refractivity contribution in [1.82, 2.24) is 9.88 Å². The maximum Gasteiger partial charge on any atom is 0.233 e. The predicted molar refractivity (Wildman–Crippen MR) is 99.7 cm³/mol. The van der Waals surface area contributed by atoms with Crippen molar-refractivity contribution in [2.45, 2.75) is 26.2 Å². The van der Waals surface area contributed by atoms with E-state index in [0.717, 1.165) is 15.8 Å². The molecule has 1 aliphatic heterocycles. The molecule has 134 valence electrons. The quantitative estimate of drug-likeness (QED) is 0.664. The van der Waals surface area contributed by atoms with Gasteiger partial charge in [-0.1, -0.05) is 29.6 Å². The van der Waals surface area contributed by atoms with Crippen molar-refractivity contribution in [3.63, 3.8) is 0 Å². The highest BCUT2D eigenvalue weighted by Gasteiger charge is 2.46. The molecule has 3 amide bonds. The average molecular weight is 369 g/mol. The smallest absolute Gasteiger partial charge is 0.233 e. The lowest BCUT2D eigenvalue weighted by Gasteiger charge is -2.14. The molecule has 0 spiro atoms. The van der Waals surface area contributed by atoms with Crippen molar-refractivity contribution in [2.24, 2.45) is 11.8 Å². The summed E-state index contributed by atoms with van der Waals surface area (Å²) in [5.74, 6) is -1.03. The summed E-state index contributed by atoms with van der Waals surface area (Å²) in [5.41, 5.74) is 1.98. The Balaban J connectivity index is 1.37. The van der Waals surface area contributed by atoms with E-state index in [4.69, 9.17) is 0 Å². The van der Waals surface area contributed by atoms with Crippen molar-refractivity contribution in [1.29, 1.82) is 0 Å². The lowest BCUT2D eigenvalue weighted by molar-refractivity contribution is -0.140. The third-order valence-electron chi connectivity index (χ3n) is 4.95. The summed E-state index contributed by atoms with van der Waals surface area (Å²) < 4.78 is 1.02. The van der Waals surface area contributed by atoms with Crippen LogP contribution in [0.5, 0.6) is 0 Å². The number of anilines is 1. The van der Waals surface area contributed by atoms with Crippen molar-refractivity contribution in [3.05, 3.63) is 35.9 Å². The van der Waals surface area contributed by atoms with Gasteiger partial charge in [0.1, 0.15) is 0 Å². The van der Waals surface area contributed by atoms with Gasteiger partial charge in [0.05, 0.1) is 22.1 Å². The first-order chi connectivity index (χ1) is 12.5. The van der Waals surface area contributed by atoms with Crippen molar-refractivity contribution in [3.8, 4) is 0 Å². The first-order valence-corrected chi connectivity index (χ1v) is 9.52. The number of fused-ring (bicyclic) bond motifs is 2. The fraction of sp³-hybridized carbons (Fsp3) is 0.368. The molecule has 2 aliphatic rings. The van der Waals surface area contributed by atoms with E-state index in [1.54, 1.807) is 0 Å². The molecule has 1 aromatic carbocycles. The Labute approximate surface area is 154 Å². The van der Waals surface area contributed by atoms with Crippen LogP contribution < -0.4 is 5.32 Å². The molecule has 2 aromatic rings. The van der Waals surface area contributed by atoms with Crippen LogP contribution in [0.25, 0.3) is 10.2 Å². The normalized spacial score (nSPS) is 22.1. The van der Waals surface area contributed by atoms with Crippen LogP contribution in [0.1, 0.15) is 24.8 Å². The number of allylic oxidation sites excluding steroid dienone is 2. The number of hydrogen-bond donors (Lipinski definition) is 1. The zero-order valence-corrected chi connectivity index (χ0v) is 15.2. The third kappa shape index (κ3) is 3.03. The Kier molecular flexibility index (Phi) is 4.32. The largest absolute Gasteiger partial charge is 0.302 e. The van der Waals surface area contributed by atoms with Gasteiger partial charge in [-0.15, -0.1) is 0 Å². The summed E-state index contributed by atoms with van der Waals surface area (Å²) in [6, 6.07) is 5.93. The number of carbonyl (C=O) groups is 3. The predicted octanol–water partition coefficient (Wildman–Crippen LogP) is 2.88. The number of nitrogens with zero attached hydrogens (tertiary/aromatic N) is 2. The SMILES string of the molecule is Cc1ccc2nc(NC(=O)CCN3C(=O)C4CC=CCC4C3=O)sc2c1. The Hall–Kier alpha value is -2.54. The first-order valence-electron chi connectivity index (χ1n) is 8.70.